The first-order valence-corrected chi connectivity index (χ1v) is 9.33. The molecule has 0 unspecified atom stereocenters. The number of nitrogen functional groups attached to an aromatic ring is 1. The summed E-state index contributed by atoms with van der Waals surface area (Å²) in [5.41, 5.74) is 9.08. The molecule has 0 saturated carbocycles. The number of nitrogens with two attached hydrogens (primary N) is 1. The number of hydrogen-bond donors (Lipinski definition) is 2. The number of anilines is 3. The fourth-order valence-corrected chi connectivity index (χ4v) is 3.05. The average molecular weight is 408 g/mol. The number of hydrogen-bond acceptors (Lipinski definition) is 7. The lowest BCUT2D eigenvalue weighted by molar-refractivity contribution is 0.341. The Kier molecular flexibility index (Phi) is 5.31. The molecule has 0 radical (unpaired) electrons. The van der Waals surface area contributed by atoms with Crippen LogP contribution in [0.25, 0.3) is 22.6 Å². The van der Waals surface area contributed by atoms with Crippen molar-refractivity contribution in [2.75, 3.05) is 17.7 Å². The summed E-state index contributed by atoms with van der Waals surface area (Å²) in [5, 5.41) is 3.82. The molecule has 0 bridgehead atoms. The Balaban J connectivity index is 1.63. The lowest BCUT2D eigenvalue weighted by Gasteiger charge is -2.12. The van der Waals surface area contributed by atoms with Crippen LogP contribution in [0.3, 0.4) is 0 Å². The van der Waals surface area contributed by atoms with Gasteiger partial charge in [-0.2, -0.15) is 4.98 Å². The molecule has 2 heterocycles. The van der Waals surface area contributed by atoms with Gasteiger partial charge < -0.3 is 20.2 Å². The van der Waals surface area contributed by atoms with Crippen LogP contribution in [0.2, 0.25) is 5.02 Å². The van der Waals surface area contributed by atoms with E-state index < -0.39 is 0 Å². The van der Waals surface area contributed by atoms with Crippen LogP contribution in [0.4, 0.5) is 17.5 Å². The lowest BCUT2D eigenvalue weighted by Crippen LogP contribution is -2.02. The first kappa shape index (κ1) is 18.8. The molecule has 0 amide bonds. The first-order valence-electron chi connectivity index (χ1n) is 8.95. The van der Waals surface area contributed by atoms with Crippen LogP contribution in [-0.2, 0) is 0 Å². The van der Waals surface area contributed by atoms with Gasteiger partial charge in [-0.05, 0) is 49.4 Å². The van der Waals surface area contributed by atoms with Gasteiger partial charge >= 0.3 is 0 Å². The van der Waals surface area contributed by atoms with Crippen LogP contribution >= 0.6 is 11.6 Å². The summed E-state index contributed by atoms with van der Waals surface area (Å²) < 4.78 is 11.0. The fraction of sp³-hybridized carbons (Fsp3) is 0.0952. The Morgan fingerprint density at radius 2 is 1.93 bits per heavy atom. The van der Waals surface area contributed by atoms with Crippen molar-refractivity contribution in [1.82, 2.24) is 15.0 Å². The molecule has 8 heteroatoms. The molecule has 0 atom stereocenters. The average Bonchev–Trinajstić information content (AvgIpc) is 3.24. The van der Waals surface area contributed by atoms with E-state index in [2.05, 4.69) is 20.3 Å². The smallest absolute Gasteiger partial charge is 0.222 e. The third-order valence-electron chi connectivity index (χ3n) is 4.13. The van der Waals surface area contributed by atoms with E-state index in [1.807, 2.05) is 37.3 Å². The van der Waals surface area contributed by atoms with E-state index in [1.54, 1.807) is 24.4 Å². The number of halogens is 1. The SMILES string of the molecule is CCOc1ccc(Cl)cc1-c1cc(Nc2ccc(-c3cnco3)cc2)nc(N)n1. The normalized spacial score (nSPS) is 10.7. The molecular weight excluding hydrogens is 390 g/mol. The highest BCUT2D eigenvalue weighted by atomic mass is 35.5. The minimum atomic E-state index is 0.144. The molecule has 2 aromatic carbocycles. The molecule has 0 spiro atoms. The number of oxazole rings is 1. The van der Waals surface area contributed by atoms with Crippen molar-refractivity contribution in [3.05, 3.63) is 66.1 Å². The molecule has 7 nitrogen and oxygen atoms in total. The Morgan fingerprint density at radius 3 is 2.66 bits per heavy atom. The van der Waals surface area contributed by atoms with Crippen LogP contribution < -0.4 is 15.8 Å². The zero-order valence-corrected chi connectivity index (χ0v) is 16.3. The molecule has 0 saturated heterocycles. The molecule has 0 aliphatic carbocycles. The van der Waals surface area contributed by atoms with E-state index in [0.717, 1.165) is 16.8 Å². The molecule has 0 aliphatic heterocycles. The van der Waals surface area contributed by atoms with Crippen molar-refractivity contribution in [1.29, 1.82) is 0 Å². The quantitative estimate of drug-likeness (QED) is 0.454. The number of rotatable bonds is 6. The topological polar surface area (TPSA) is 99.1 Å². The van der Waals surface area contributed by atoms with Gasteiger partial charge in [0.1, 0.15) is 11.6 Å². The van der Waals surface area contributed by atoms with Crippen molar-refractivity contribution in [2.24, 2.45) is 0 Å². The summed E-state index contributed by atoms with van der Waals surface area (Å²) >= 11 is 6.18. The highest BCUT2D eigenvalue weighted by molar-refractivity contribution is 6.31. The van der Waals surface area contributed by atoms with Crippen molar-refractivity contribution in [2.45, 2.75) is 6.92 Å². The third kappa shape index (κ3) is 4.30. The minimum Gasteiger partial charge on any atom is -0.493 e. The van der Waals surface area contributed by atoms with E-state index in [0.29, 0.717) is 34.7 Å². The second-order valence-electron chi connectivity index (χ2n) is 6.14. The predicted octanol–water partition coefficient (Wildman–Crippen LogP) is 5.18. The van der Waals surface area contributed by atoms with Gasteiger partial charge in [-0.1, -0.05) is 11.6 Å². The van der Waals surface area contributed by atoms with Gasteiger partial charge in [0.2, 0.25) is 5.95 Å². The van der Waals surface area contributed by atoms with Crippen molar-refractivity contribution in [3.63, 3.8) is 0 Å². The summed E-state index contributed by atoms with van der Waals surface area (Å²) in [6.45, 7) is 2.44. The van der Waals surface area contributed by atoms with E-state index >= 15 is 0 Å². The number of nitrogens with zero attached hydrogens (tertiary/aromatic N) is 3. The maximum Gasteiger partial charge on any atom is 0.222 e. The van der Waals surface area contributed by atoms with Gasteiger partial charge in [-0.15, -0.1) is 0 Å². The third-order valence-corrected chi connectivity index (χ3v) is 4.37. The molecule has 4 aromatic rings. The molecular formula is C21H18ClN5O2. The zero-order valence-electron chi connectivity index (χ0n) is 15.6. The van der Waals surface area contributed by atoms with Crippen molar-refractivity contribution >= 4 is 29.1 Å². The Labute approximate surface area is 172 Å². The molecule has 3 N–H and O–H groups in total. The standard InChI is InChI=1S/C21H18ClN5O2/c1-2-28-18-8-5-14(22)9-16(18)17-10-20(27-21(23)26-17)25-15-6-3-13(4-7-15)19-11-24-12-29-19/h3-12H,2H2,1H3,(H3,23,25,26,27). The number of benzene rings is 2. The monoisotopic (exact) mass is 407 g/mol. The molecule has 0 aliphatic rings. The zero-order chi connectivity index (χ0) is 20.2. The molecule has 2 aromatic heterocycles. The second-order valence-corrected chi connectivity index (χ2v) is 6.57. The fourth-order valence-electron chi connectivity index (χ4n) is 2.88. The number of aromatic nitrogens is 3. The van der Waals surface area contributed by atoms with Crippen LogP contribution in [0, 0.1) is 0 Å². The molecule has 29 heavy (non-hydrogen) atoms. The largest absolute Gasteiger partial charge is 0.493 e. The lowest BCUT2D eigenvalue weighted by atomic mass is 10.1. The van der Waals surface area contributed by atoms with Gasteiger partial charge in [0.05, 0.1) is 18.5 Å². The van der Waals surface area contributed by atoms with Crippen molar-refractivity contribution in [3.8, 4) is 28.3 Å². The number of ether oxygens (including phenoxy) is 1. The molecule has 4 rings (SSSR count). The number of nitrogens with one attached hydrogen (secondary N) is 1. The molecule has 0 fully saturated rings. The van der Waals surface area contributed by atoms with Gasteiger partial charge in [0.25, 0.3) is 0 Å². The van der Waals surface area contributed by atoms with Gasteiger partial charge in [-0.25, -0.2) is 9.97 Å². The van der Waals surface area contributed by atoms with E-state index in [-0.39, 0.29) is 5.95 Å². The predicted molar refractivity (Wildman–Crippen MR) is 113 cm³/mol. The summed E-state index contributed by atoms with van der Waals surface area (Å²) in [5.74, 6) is 2.08. The first-order chi connectivity index (χ1) is 14.1. The second kappa shape index (κ2) is 8.20. The summed E-state index contributed by atoms with van der Waals surface area (Å²) in [6, 6.07) is 14.9. The Morgan fingerprint density at radius 1 is 1.10 bits per heavy atom. The molecule has 146 valence electrons. The van der Waals surface area contributed by atoms with Gasteiger partial charge in [0, 0.05) is 27.9 Å². The summed E-state index contributed by atoms with van der Waals surface area (Å²) in [6.07, 6.45) is 3.07. The Hall–Kier alpha value is -3.58. The van der Waals surface area contributed by atoms with Crippen LogP contribution in [0.5, 0.6) is 5.75 Å². The highest BCUT2D eigenvalue weighted by Gasteiger charge is 2.12. The highest BCUT2D eigenvalue weighted by Crippen LogP contribution is 2.33. The van der Waals surface area contributed by atoms with E-state index in [1.165, 1.54) is 6.39 Å². The van der Waals surface area contributed by atoms with Crippen LogP contribution in [-0.4, -0.2) is 21.6 Å². The maximum absolute atomic E-state index is 6.18. The maximum atomic E-state index is 6.18. The van der Waals surface area contributed by atoms with Gasteiger partial charge in [-0.3, -0.25) is 0 Å². The Bertz CT molecular complexity index is 1110. The van der Waals surface area contributed by atoms with E-state index in [4.69, 9.17) is 26.5 Å². The van der Waals surface area contributed by atoms with Crippen molar-refractivity contribution < 1.29 is 9.15 Å². The van der Waals surface area contributed by atoms with Crippen LogP contribution in [0.1, 0.15) is 6.92 Å². The van der Waals surface area contributed by atoms with Gasteiger partial charge in [0.15, 0.2) is 12.2 Å². The van der Waals surface area contributed by atoms with Crippen LogP contribution in [0.15, 0.2) is 65.5 Å². The minimum absolute atomic E-state index is 0.144. The van der Waals surface area contributed by atoms with E-state index in [9.17, 15) is 0 Å². The summed E-state index contributed by atoms with van der Waals surface area (Å²) in [4.78, 5) is 12.6. The summed E-state index contributed by atoms with van der Waals surface area (Å²) in [7, 11) is 0.